The zero-order valence-corrected chi connectivity index (χ0v) is 13.4. The van der Waals surface area contributed by atoms with E-state index in [1.807, 2.05) is 18.2 Å². The average molecular weight is 325 g/mol. The van der Waals surface area contributed by atoms with Gasteiger partial charge in [0.15, 0.2) is 5.43 Å². The Hall–Kier alpha value is -2.10. The molecular formula is C19H17ClN2O. The lowest BCUT2D eigenvalue weighted by molar-refractivity contribution is 0.241. The van der Waals surface area contributed by atoms with Gasteiger partial charge in [-0.3, -0.25) is 9.69 Å². The SMILES string of the molecule is O=c1c2c([nH]c3ccc(Cl)cc13)CN(Cc1ccccc1)CC2. The van der Waals surface area contributed by atoms with Crippen LogP contribution in [0.4, 0.5) is 0 Å². The largest absolute Gasteiger partial charge is 0.357 e. The molecule has 0 spiro atoms. The molecular weight excluding hydrogens is 308 g/mol. The van der Waals surface area contributed by atoms with E-state index in [1.165, 1.54) is 5.56 Å². The number of hydrogen-bond acceptors (Lipinski definition) is 2. The van der Waals surface area contributed by atoms with Crippen molar-refractivity contribution in [3.05, 3.63) is 80.6 Å². The first-order valence-corrected chi connectivity index (χ1v) is 8.18. The van der Waals surface area contributed by atoms with Crippen LogP contribution >= 0.6 is 11.6 Å². The van der Waals surface area contributed by atoms with Gasteiger partial charge in [0.1, 0.15) is 0 Å². The van der Waals surface area contributed by atoms with Gasteiger partial charge in [0.2, 0.25) is 0 Å². The molecule has 0 amide bonds. The second kappa shape index (κ2) is 5.84. The van der Waals surface area contributed by atoms with Crippen LogP contribution in [-0.2, 0) is 19.5 Å². The Balaban J connectivity index is 1.68. The van der Waals surface area contributed by atoms with Gasteiger partial charge in [0.05, 0.1) is 0 Å². The molecule has 0 unspecified atom stereocenters. The smallest absolute Gasteiger partial charge is 0.192 e. The highest BCUT2D eigenvalue weighted by atomic mass is 35.5. The summed E-state index contributed by atoms with van der Waals surface area (Å²) in [5.41, 5.74) is 4.22. The van der Waals surface area contributed by atoms with Crippen LogP contribution in [0.2, 0.25) is 5.02 Å². The highest BCUT2D eigenvalue weighted by Crippen LogP contribution is 2.21. The van der Waals surface area contributed by atoms with Gasteiger partial charge in [-0.1, -0.05) is 41.9 Å². The summed E-state index contributed by atoms with van der Waals surface area (Å²) >= 11 is 6.03. The molecule has 3 aromatic rings. The van der Waals surface area contributed by atoms with E-state index in [0.717, 1.165) is 42.8 Å². The summed E-state index contributed by atoms with van der Waals surface area (Å²) in [6, 6.07) is 15.9. The molecule has 116 valence electrons. The van der Waals surface area contributed by atoms with Gasteiger partial charge in [-0.05, 0) is 30.2 Å². The number of aromatic amines is 1. The fourth-order valence-electron chi connectivity index (χ4n) is 3.30. The summed E-state index contributed by atoms with van der Waals surface area (Å²) in [4.78, 5) is 18.5. The normalized spacial score (nSPS) is 14.8. The van der Waals surface area contributed by atoms with E-state index in [9.17, 15) is 4.79 Å². The van der Waals surface area contributed by atoms with Gasteiger partial charge in [0, 0.05) is 46.8 Å². The summed E-state index contributed by atoms with van der Waals surface area (Å²) in [5, 5.41) is 1.29. The fraction of sp³-hybridized carbons (Fsp3) is 0.211. The summed E-state index contributed by atoms with van der Waals surface area (Å²) in [7, 11) is 0. The Morgan fingerprint density at radius 1 is 1.13 bits per heavy atom. The van der Waals surface area contributed by atoms with Crippen LogP contribution in [0, 0.1) is 0 Å². The van der Waals surface area contributed by atoms with Gasteiger partial charge in [0.25, 0.3) is 0 Å². The molecule has 23 heavy (non-hydrogen) atoms. The Morgan fingerprint density at radius 3 is 2.78 bits per heavy atom. The van der Waals surface area contributed by atoms with Gasteiger partial charge in [-0.15, -0.1) is 0 Å². The number of pyridine rings is 1. The lowest BCUT2D eigenvalue weighted by Crippen LogP contribution is -2.34. The number of hydrogen-bond donors (Lipinski definition) is 1. The molecule has 0 bridgehead atoms. The minimum Gasteiger partial charge on any atom is -0.357 e. The molecule has 0 atom stereocenters. The number of H-pyrrole nitrogens is 1. The van der Waals surface area contributed by atoms with Crippen molar-refractivity contribution in [1.29, 1.82) is 0 Å². The monoisotopic (exact) mass is 324 g/mol. The van der Waals surface area contributed by atoms with E-state index in [-0.39, 0.29) is 5.43 Å². The zero-order chi connectivity index (χ0) is 15.8. The summed E-state index contributed by atoms with van der Waals surface area (Å²) in [5.74, 6) is 0. The van der Waals surface area contributed by atoms with Crippen molar-refractivity contribution < 1.29 is 0 Å². The van der Waals surface area contributed by atoms with Crippen molar-refractivity contribution in [1.82, 2.24) is 9.88 Å². The highest BCUT2D eigenvalue weighted by Gasteiger charge is 2.20. The van der Waals surface area contributed by atoms with Gasteiger partial charge in [-0.2, -0.15) is 0 Å². The number of benzene rings is 2. The predicted molar refractivity (Wildman–Crippen MR) is 93.8 cm³/mol. The Morgan fingerprint density at radius 2 is 1.96 bits per heavy atom. The molecule has 0 radical (unpaired) electrons. The van der Waals surface area contributed by atoms with Crippen molar-refractivity contribution >= 4 is 22.5 Å². The van der Waals surface area contributed by atoms with Crippen LogP contribution in [-0.4, -0.2) is 16.4 Å². The molecule has 0 fully saturated rings. The summed E-state index contributed by atoms with van der Waals surface area (Å²) in [6.45, 7) is 2.58. The molecule has 1 aromatic heterocycles. The number of aromatic nitrogens is 1. The summed E-state index contributed by atoms with van der Waals surface area (Å²) in [6.07, 6.45) is 0.778. The third-order valence-corrected chi connectivity index (χ3v) is 4.69. The fourth-order valence-corrected chi connectivity index (χ4v) is 3.47. The molecule has 0 aliphatic carbocycles. The Labute approximate surface area is 139 Å². The third-order valence-electron chi connectivity index (χ3n) is 4.46. The molecule has 0 saturated heterocycles. The molecule has 1 N–H and O–H groups in total. The maximum atomic E-state index is 12.7. The van der Waals surface area contributed by atoms with Gasteiger partial charge >= 0.3 is 0 Å². The molecule has 0 saturated carbocycles. The van der Waals surface area contributed by atoms with Crippen LogP contribution in [0.15, 0.2) is 53.3 Å². The molecule has 2 heterocycles. The Bertz CT molecular complexity index is 918. The van der Waals surface area contributed by atoms with Crippen molar-refractivity contribution in [2.24, 2.45) is 0 Å². The second-order valence-corrected chi connectivity index (χ2v) is 6.48. The predicted octanol–water partition coefficient (Wildman–Crippen LogP) is 3.74. The topological polar surface area (TPSA) is 36.1 Å². The van der Waals surface area contributed by atoms with E-state index in [4.69, 9.17) is 11.6 Å². The summed E-state index contributed by atoms with van der Waals surface area (Å²) < 4.78 is 0. The average Bonchev–Trinajstić information content (AvgIpc) is 2.57. The molecule has 1 aliphatic heterocycles. The highest BCUT2D eigenvalue weighted by molar-refractivity contribution is 6.31. The van der Waals surface area contributed by atoms with E-state index >= 15 is 0 Å². The van der Waals surface area contributed by atoms with Crippen molar-refractivity contribution in [3.63, 3.8) is 0 Å². The zero-order valence-electron chi connectivity index (χ0n) is 12.7. The second-order valence-electron chi connectivity index (χ2n) is 6.05. The van der Waals surface area contributed by atoms with Crippen LogP contribution < -0.4 is 5.43 Å². The van der Waals surface area contributed by atoms with Gasteiger partial charge < -0.3 is 4.98 Å². The Kier molecular flexibility index (Phi) is 3.68. The van der Waals surface area contributed by atoms with Crippen LogP contribution in [0.25, 0.3) is 10.9 Å². The molecule has 2 aromatic carbocycles. The minimum absolute atomic E-state index is 0.121. The van der Waals surface area contributed by atoms with Crippen molar-refractivity contribution in [2.45, 2.75) is 19.5 Å². The van der Waals surface area contributed by atoms with E-state index in [0.29, 0.717) is 10.4 Å². The minimum atomic E-state index is 0.121. The third kappa shape index (κ3) is 2.78. The van der Waals surface area contributed by atoms with Crippen LogP contribution in [0.3, 0.4) is 0 Å². The number of nitrogens with one attached hydrogen (secondary N) is 1. The lowest BCUT2D eigenvalue weighted by Gasteiger charge is -2.28. The molecule has 4 heteroatoms. The number of nitrogens with zero attached hydrogens (tertiary/aromatic N) is 1. The molecule has 1 aliphatic rings. The quantitative estimate of drug-likeness (QED) is 0.779. The lowest BCUT2D eigenvalue weighted by atomic mass is 10.0. The van der Waals surface area contributed by atoms with Crippen molar-refractivity contribution in [2.75, 3.05) is 6.54 Å². The van der Waals surface area contributed by atoms with Crippen molar-refractivity contribution in [3.8, 4) is 0 Å². The molecule has 3 nitrogen and oxygen atoms in total. The first-order chi connectivity index (χ1) is 11.2. The first kappa shape index (κ1) is 14.5. The molecule has 4 rings (SSSR count). The maximum absolute atomic E-state index is 12.7. The van der Waals surface area contributed by atoms with E-state index in [1.54, 1.807) is 6.07 Å². The number of halogens is 1. The number of fused-ring (bicyclic) bond motifs is 2. The van der Waals surface area contributed by atoms with Gasteiger partial charge in [-0.25, -0.2) is 0 Å². The van der Waals surface area contributed by atoms with Crippen LogP contribution in [0.1, 0.15) is 16.8 Å². The van der Waals surface area contributed by atoms with Crippen LogP contribution in [0.5, 0.6) is 0 Å². The van der Waals surface area contributed by atoms with E-state index < -0.39 is 0 Å². The maximum Gasteiger partial charge on any atom is 0.192 e. The van der Waals surface area contributed by atoms with E-state index in [2.05, 4.69) is 34.1 Å². The number of rotatable bonds is 2. The standard InChI is InChI=1S/C19H17ClN2O/c20-14-6-7-17-16(10-14)19(23)15-8-9-22(12-18(15)21-17)11-13-4-2-1-3-5-13/h1-7,10H,8-9,11-12H2,(H,21,23). The first-order valence-electron chi connectivity index (χ1n) is 7.80.